The summed E-state index contributed by atoms with van der Waals surface area (Å²) in [4.78, 5) is 26.0. The van der Waals surface area contributed by atoms with Crippen molar-refractivity contribution in [3.63, 3.8) is 0 Å². The first-order valence-corrected chi connectivity index (χ1v) is 12.3. The minimum atomic E-state index is -0.402. The van der Waals surface area contributed by atoms with Gasteiger partial charge in [0.2, 0.25) is 0 Å². The lowest BCUT2D eigenvalue weighted by molar-refractivity contribution is -0.0766. The minimum absolute atomic E-state index is 0.227. The molecule has 0 saturated heterocycles. The van der Waals surface area contributed by atoms with E-state index in [2.05, 4.69) is 30.3 Å². The Labute approximate surface area is 199 Å². The van der Waals surface area contributed by atoms with E-state index in [-0.39, 0.29) is 23.8 Å². The molecule has 0 heterocycles. The van der Waals surface area contributed by atoms with Crippen molar-refractivity contribution < 1.29 is 19.1 Å². The van der Waals surface area contributed by atoms with Crippen LogP contribution in [0.25, 0.3) is 0 Å². The number of hydrogen-bond donors (Lipinski definition) is 0. The average Bonchev–Trinajstić information content (AvgIpc) is 3.57. The molecule has 3 aromatic carbocycles. The maximum atomic E-state index is 13.0. The Morgan fingerprint density at radius 2 is 0.941 bits per heavy atom. The third-order valence-electron chi connectivity index (χ3n) is 8.25. The van der Waals surface area contributed by atoms with Crippen LogP contribution in [0.2, 0.25) is 0 Å². The standard InChI is InChI=1S/C30H28O4/c31-29(20-12-6-2-7-13-20)33-27-25-18-26(28(27)34-30(32)21-14-8-3-9-15-21)24-17-22(16-23(24)25)19-10-4-1-5-11-19/h1-15,22-28H,16-18H2/t22?,23?,24?,25-,26?,27?,28?/m1/s1. The van der Waals surface area contributed by atoms with Crippen LogP contribution >= 0.6 is 0 Å². The maximum absolute atomic E-state index is 13.0. The molecule has 4 nitrogen and oxygen atoms in total. The van der Waals surface area contributed by atoms with Crippen LogP contribution in [0.1, 0.15) is 51.5 Å². The highest BCUT2D eigenvalue weighted by Crippen LogP contribution is 2.63. The van der Waals surface area contributed by atoms with Gasteiger partial charge in [-0.3, -0.25) is 0 Å². The monoisotopic (exact) mass is 452 g/mol. The fourth-order valence-corrected chi connectivity index (χ4v) is 6.83. The second-order valence-electron chi connectivity index (χ2n) is 9.94. The van der Waals surface area contributed by atoms with Gasteiger partial charge in [-0.05, 0) is 66.8 Å². The molecule has 0 spiro atoms. The Bertz CT molecular complexity index is 1090. The van der Waals surface area contributed by atoms with Gasteiger partial charge in [0.1, 0.15) is 12.2 Å². The second kappa shape index (κ2) is 8.75. The van der Waals surface area contributed by atoms with Gasteiger partial charge in [0.15, 0.2) is 0 Å². The van der Waals surface area contributed by atoms with Crippen molar-refractivity contribution in [2.45, 2.75) is 37.4 Å². The Hall–Kier alpha value is -3.40. The molecule has 4 heteroatoms. The van der Waals surface area contributed by atoms with Crippen LogP contribution in [0.15, 0.2) is 91.0 Å². The third-order valence-corrected chi connectivity index (χ3v) is 8.25. The zero-order chi connectivity index (χ0) is 23.1. The van der Waals surface area contributed by atoms with Crippen LogP contribution in [-0.4, -0.2) is 24.1 Å². The van der Waals surface area contributed by atoms with E-state index in [1.54, 1.807) is 24.3 Å². The number of fused-ring (bicyclic) bond motifs is 5. The van der Waals surface area contributed by atoms with E-state index in [9.17, 15) is 9.59 Å². The minimum Gasteiger partial charge on any atom is -0.455 e. The van der Waals surface area contributed by atoms with Crippen molar-refractivity contribution in [3.05, 3.63) is 108 Å². The van der Waals surface area contributed by atoms with Crippen LogP contribution in [0, 0.1) is 23.7 Å². The van der Waals surface area contributed by atoms with Crippen molar-refractivity contribution in [3.8, 4) is 0 Å². The molecule has 3 aliphatic rings. The van der Waals surface area contributed by atoms with Gasteiger partial charge in [-0.2, -0.15) is 0 Å². The summed E-state index contributed by atoms with van der Waals surface area (Å²) in [6.07, 6.45) is 2.36. The Balaban J connectivity index is 1.26. The zero-order valence-corrected chi connectivity index (χ0v) is 19.0. The molecule has 6 unspecified atom stereocenters. The van der Waals surface area contributed by atoms with E-state index >= 15 is 0 Å². The molecule has 3 saturated carbocycles. The molecule has 0 radical (unpaired) electrons. The third kappa shape index (κ3) is 3.71. The zero-order valence-electron chi connectivity index (χ0n) is 19.0. The molecule has 0 N–H and O–H groups in total. The summed E-state index contributed by atoms with van der Waals surface area (Å²) >= 11 is 0. The summed E-state index contributed by atoms with van der Waals surface area (Å²) in [7, 11) is 0. The predicted molar refractivity (Wildman–Crippen MR) is 128 cm³/mol. The smallest absolute Gasteiger partial charge is 0.338 e. The van der Waals surface area contributed by atoms with Crippen LogP contribution in [0.3, 0.4) is 0 Å². The van der Waals surface area contributed by atoms with E-state index < -0.39 is 12.2 Å². The van der Waals surface area contributed by atoms with E-state index in [4.69, 9.17) is 9.47 Å². The second-order valence-corrected chi connectivity index (χ2v) is 9.94. The lowest BCUT2D eigenvalue weighted by atomic mass is 9.78. The van der Waals surface area contributed by atoms with Crippen molar-refractivity contribution in [1.29, 1.82) is 0 Å². The number of rotatable bonds is 5. The van der Waals surface area contributed by atoms with E-state index in [0.29, 0.717) is 28.9 Å². The van der Waals surface area contributed by atoms with Gasteiger partial charge < -0.3 is 9.47 Å². The Kier molecular flexibility index (Phi) is 5.44. The van der Waals surface area contributed by atoms with Gasteiger partial charge in [-0.1, -0.05) is 66.7 Å². The molecule has 3 fully saturated rings. The first-order valence-electron chi connectivity index (χ1n) is 12.3. The van der Waals surface area contributed by atoms with Crippen molar-refractivity contribution in [2.24, 2.45) is 23.7 Å². The topological polar surface area (TPSA) is 52.6 Å². The fourth-order valence-electron chi connectivity index (χ4n) is 6.83. The number of carbonyl (C=O) groups is 2. The molecule has 0 aromatic heterocycles. The predicted octanol–water partition coefficient (Wildman–Crippen LogP) is 5.90. The molecule has 34 heavy (non-hydrogen) atoms. The molecule has 7 atom stereocenters. The van der Waals surface area contributed by atoms with Gasteiger partial charge in [-0.25, -0.2) is 9.59 Å². The van der Waals surface area contributed by atoms with Gasteiger partial charge in [-0.15, -0.1) is 0 Å². The van der Waals surface area contributed by atoms with E-state index in [1.807, 2.05) is 36.4 Å². The van der Waals surface area contributed by atoms with Gasteiger partial charge in [0.05, 0.1) is 11.1 Å². The lowest BCUT2D eigenvalue weighted by Gasteiger charge is -2.37. The molecule has 6 rings (SSSR count). The highest BCUT2D eigenvalue weighted by atomic mass is 16.6. The summed E-state index contributed by atoms with van der Waals surface area (Å²) in [6, 6.07) is 28.9. The Morgan fingerprint density at radius 3 is 1.38 bits per heavy atom. The first-order chi connectivity index (χ1) is 16.7. The molecular weight excluding hydrogens is 424 g/mol. The van der Waals surface area contributed by atoms with Gasteiger partial charge in [0.25, 0.3) is 0 Å². The molecule has 3 aliphatic carbocycles. The first kappa shape index (κ1) is 21.2. The number of benzene rings is 3. The maximum Gasteiger partial charge on any atom is 0.338 e. The molecule has 2 bridgehead atoms. The number of esters is 2. The van der Waals surface area contributed by atoms with Crippen LogP contribution in [-0.2, 0) is 9.47 Å². The number of hydrogen-bond acceptors (Lipinski definition) is 4. The van der Waals surface area contributed by atoms with Crippen LogP contribution in [0.4, 0.5) is 0 Å². The van der Waals surface area contributed by atoms with Crippen LogP contribution < -0.4 is 0 Å². The molecule has 172 valence electrons. The summed E-state index contributed by atoms with van der Waals surface area (Å²) in [5, 5.41) is 0. The molecule has 3 aromatic rings. The lowest BCUT2D eigenvalue weighted by Crippen LogP contribution is -2.45. The summed E-state index contributed by atoms with van der Waals surface area (Å²) in [5.41, 5.74) is 2.44. The van der Waals surface area contributed by atoms with Gasteiger partial charge >= 0.3 is 11.9 Å². The number of ether oxygens (including phenoxy) is 2. The van der Waals surface area contributed by atoms with Crippen molar-refractivity contribution in [1.82, 2.24) is 0 Å². The van der Waals surface area contributed by atoms with Crippen molar-refractivity contribution >= 4 is 11.9 Å². The van der Waals surface area contributed by atoms with Crippen LogP contribution in [0.5, 0.6) is 0 Å². The summed E-state index contributed by atoms with van der Waals surface area (Å²) in [5.74, 6) is 1.28. The molecule has 0 amide bonds. The summed E-state index contributed by atoms with van der Waals surface area (Å²) < 4.78 is 12.2. The quantitative estimate of drug-likeness (QED) is 0.453. The average molecular weight is 453 g/mol. The van der Waals surface area contributed by atoms with E-state index in [0.717, 1.165) is 19.3 Å². The van der Waals surface area contributed by atoms with Gasteiger partial charge in [0, 0.05) is 11.8 Å². The Morgan fingerprint density at radius 1 is 0.529 bits per heavy atom. The number of carbonyl (C=O) groups excluding carboxylic acids is 2. The normalized spacial score (nSPS) is 31.1. The van der Waals surface area contributed by atoms with Crippen molar-refractivity contribution in [2.75, 3.05) is 0 Å². The van der Waals surface area contributed by atoms with E-state index in [1.165, 1.54) is 5.56 Å². The highest BCUT2D eigenvalue weighted by molar-refractivity contribution is 5.90. The summed E-state index contributed by atoms with van der Waals surface area (Å²) in [6.45, 7) is 0. The fraction of sp³-hybridized carbons (Fsp3) is 0.333. The molecule has 0 aliphatic heterocycles. The largest absolute Gasteiger partial charge is 0.455 e. The highest BCUT2D eigenvalue weighted by Gasteiger charge is 2.63. The SMILES string of the molecule is O=C(OC1C2C[C@H](C3CC(c4ccccc4)CC23)C1OC(=O)c1ccccc1)c1ccccc1. The molecular formula is C30H28O4.